The molecule has 17 heavy (non-hydrogen) atoms. The highest BCUT2D eigenvalue weighted by Crippen LogP contribution is 2.36. The fourth-order valence-corrected chi connectivity index (χ4v) is 1.96. The Balaban J connectivity index is 2.97. The SMILES string of the molecule is CNC(C)CC(C)c1ccccc1C(F)(F)F. The summed E-state index contributed by atoms with van der Waals surface area (Å²) in [6.07, 6.45) is -3.59. The van der Waals surface area contributed by atoms with Crippen LogP contribution in [-0.4, -0.2) is 13.1 Å². The maximum absolute atomic E-state index is 12.8. The van der Waals surface area contributed by atoms with Gasteiger partial charge in [-0.15, -0.1) is 0 Å². The smallest absolute Gasteiger partial charge is 0.317 e. The van der Waals surface area contributed by atoms with Gasteiger partial charge in [-0.3, -0.25) is 0 Å². The lowest BCUT2D eigenvalue weighted by molar-refractivity contribution is -0.138. The molecule has 0 aliphatic carbocycles. The molecule has 0 saturated heterocycles. The van der Waals surface area contributed by atoms with E-state index in [1.165, 1.54) is 6.07 Å². The Labute approximate surface area is 100 Å². The van der Waals surface area contributed by atoms with Gasteiger partial charge in [0.05, 0.1) is 5.56 Å². The highest BCUT2D eigenvalue weighted by molar-refractivity contribution is 5.32. The van der Waals surface area contributed by atoms with E-state index in [-0.39, 0.29) is 12.0 Å². The Morgan fingerprint density at radius 2 is 1.76 bits per heavy atom. The summed E-state index contributed by atoms with van der Waals surface area (Å²) in [6, 6.07) is 6.00. The van der Waals surface area contributed by atoms with Gasteiger partial charge in [0.2, 0.25) is 0 Å². The highest BCUT2D eigenvalue weighted by Gasteiger charge is 2.34. The largest absolute Gasteiger partial charge is 0.416 e. The lowest BCUT2D eigenvalue weighted by atomic mass is 9.90. The normalized spacial score (nSPS) is 15.6. The number of halogens is 3. The summed E-state index contributed by atoms with van der Waals surface area (Å²) in [6.45, 7) is 3.80. The van der Waals surface area contributed by atoms with Gasteiger partial charge in [-0.05, 0) is 37.9 Å². The van der Waals surface area contributed by atoms with E-state index in [0.717, 1.165) is 6.07 Å². The van der Waals surface area contributed by atoms with Crippen LogP contribution in [0.1, 0.15) is 37.3 Å². The Morgan fingerprint density at radius 1 is 1.18 bits per heavy atom. The third kappa shape index (κ3) is 3.73. The molecule has 1 rings (SSSR count). The molecule has 0 bridgehead atoms. The van der Waals surface area contributed by atoms with Gasteiger partial charge < -0.3 is 5.32 Å². The van der Waals surface area contributed by atoms with Crippen LogP contribution in [0.4, 0.5) is 13.2 Å². The number of benzene rings is 1. The molecule has 1 aromatic rings. The van der Waals surface area contributed by atoms with Crippen molar-refractivity contribution in [3.63, 3.8) is 0 Å². The molecule has 0 saturated carbocycles. The number of hydrogen-bond acceptors (Lipinski definition) is 1. The van der Waals surface area contributed by atoms with Crippen molar-refractivity contribution < 1.29 is 13.2 Å². The monoisotopic (exact) mass is 245 g/mol. The van der Waals surface area contributed by atoms with Crippen molar-refractivity contribution in [1.82, 2.24) is 5.32 Å². The first-order valence-corrected chi connectivity index (χ1v) is 5.69. The van der Waals surface area contributed by atoms with E-state index in [1.807, 2.05) is 20.9 Å². The molecule has 0 fully saturated rings. The molecule has 4 heteroatoms. The van der Waals surface area contributed by atoms with E-state index < -0.39 is 11.7 Å². The minimum absolute atomic E-state index is 0.115. The number of rotatable bonds is 4. The zero-order valence-corrected chi connectivity index (χ0v) is 10.3. The van der Waals surface area contributed by atoms with Gasteiger partial charge in [-0.1, -0.05) is 25.1 Å². The Morgan fingerprint density at radius 3 is 2.29 bits per heavy atom. The summed E-state index contributed by atoms with van der Waals surface area (Å²) in [7, 11) is 1.81. The molecule has 1 aromatic carbocycles. The van der Waals surface area contributed by atoms with Crippen LogP contribution in [0.3, 0.4) is 0 Å². The van der Waals surface area contributed by atoms with Crippen LogP contribution in [0.2, 0.25) is 0 Å². The fourth-order valence-electron chi connectivity index (χ4n) is 1.96. The fraction of sp³-hybridized carbons (Fsp3) is 0.538. The maximum Gasteiger partial charge on any atom is 0.416 e. The molecule has 1 N–H and O–H groups in total. The predicted molar refractivity (Wildman–Crippen MR) is 63.0 cm³/mol. The number of hydrogen-bond donors (Lipinski definition) is 1. The molecule has 96 valence electrons. The zero-order chi connectivity index (χ0) is 13.1. The Hall–Kier alpha value is -1.03. The van der Waals surface area contributed by atoms with Crippen molar-refractivity contribution in [3.8, 4) is 0 Å². The van der Waals surface area contributed by atoms with Gasteiger partial charge in [0.15, 0.2) is 0 Å². The second-order valence-electron chi connectivity index (χ2n) is 4.41. The van der Waals surface area contributed by atoms with Crippen molar-refractivity contribution in [1.29, 1.82) is 0 Å². The van der Waals surface area contributed by atoms with Crippen molar-refractivity contribution in [2.45, 2.75) is 38.4 Å². The summed E-state index contributed by atoms with van der Waals surface area (Å²) < 4.78 is 38.4. The lowest BCUT2D eigenvalue weighted by Gasteiger charge is -2.21. The molecule has 0 radical (unpaired) electrons. The first-order chi connectivity index (χ1) is 7.86. The van der Waals surface area contributed by atoms with E-state index >= 15 is 0 Å². The van der Waals surface area contributed by atoms with Crippen molar-refractivity contribution in [3.05, 3.63) is 35.4 Å². The first kappa shape index (κ1) is 14.0. The van der Waals surface area contributed by atoms with Crippen LogP contribution >= 0.6 is 0 Å². The number of alkyl halides is 3. The number of nitrogens with one attached hydrogen (secondary N) is 1. The topological polar surface area (TPSA) is 12.0 Å². The minimum Gasteiger partial charge on any atom is -0.317 e. The van der Waals surface area contributed by atoms with Crippen molar-refractivity contribution in [2.75, 3.05) is 7.05 Å². The second-order valence-corrected chi connectivity index (χ2v) is 4.41. The first-order valence-electron chi connectivity index (χ1n) is 5.69. The van der Waals surface area contributed by atoms with Crippen LogP contribution in [-0.2, 0) is 6.18 Å². The van der Waals surface area contributed by atoms with Gasteiger partial charge in [-0.2, -0.15) is 13.2 Å². The van der Waals surface area contributed by atoms with Gasteiger partial charge in [-0.25, -0.2) is 0 Å². The summed E-state index contributed by atoms with van der Waals surface area (Å²) in [5.74, 6) is -0.115. The summed E-state index contributed by atoms with van der Waals surface area (Å²) in [4.78, 5) is 0. The van der Waals surface area contributed by atoms with Gasteiger partial charge >= 0.3 is 6.18 Å². The molecule has 0 amide bonds. The van der Waals surface area contributed by atoms with Gasteiger partial charge in [0.25, 0.3) is 0 Å². The molecule has 2 atom stereocenters. The summed E-state index contributed by atoms with van der Waals surface area (Å²) in [5.41, 5.74) is -0.141. The molecule has 0 heterocycles. The van der Waals surface area contributed by atoms with Crippen molar-refractivity contribution in [2.24, 2.45) is 0 Å². The average Bonchev–Trinajstić information content (AvgIpc) is 2.27. The molecule has 2 unspecified atom stereocenters. The standard InChI is InChI=1S/C13H18F3N/c1-9(8-10(2)17-3)11-6-4-5-7-12(11)13(14,15)16/h4-7,9-10,17H,8H2,1-3H3. The molecule has 0 spiro atoms. The van der Waals surface area contributed by atoms with Gasteiger partial charge in [0, 0.05) is 6.04 Å². The molecule has 1 nitrogen and oxygen atoms in total. The molecule has 0 aromatic heterocycles. The average molecular weight is 245 g/mol. The Bertz CT molecular complexity index is 360. The van der Waals surface area contributed by atoms with Crippen LogP contribution in [0, 0.1) is 0 Å². The molecular formula is C13H18F3N. The molecule has 0 aliphatic rings. The highest BCUT2D eigenvalue weighted by atomic mass is 19.4. The quantitative estimate of drug-likeness (QED) is 0.850. The van der Waals surface area contributed by atoms with E-state index in [9.17, 15) is 13.2 Å². The summed E-state index contributed by atoms with van der Waals surface area (Å²) >= 11 is 0. The maximum atomic E-state index is 12.8. The van der Waals surface area contributed by atoms with Crippen LogP contribution in [0.25, 0.3) is 0 Å². The molecular weight excluding hydrogens is 227 g/mol. The lowest BCUT2D eigenvalue weighted by Crippen LogP contribution is -2.23. The predicted octanol–water partition coefficient (Wildman–Crippen LogP) is 3.81. The minimum atomic E-state index is -4.27. The third-order valence-corrected chi connectivity index (χ3v) is 3.00. The second kappa shape index (κ2) is 5.54. The van der Waals surface area contributed by atoms with E-state index in [1.54, 1.807) is 12.1 Å². The Kier molecular flexibility index (Phi) is 4.57. The van der Waals surface area contributed by atoms with Crippen LogP contribution in [0.15, 0.2) is 24.3 Å². The van der Waals surface area contributed by atoms with E-state index in [2.05, 4.69) is 5.32 Å². The van der Waals surface area contributed by atoms with Crippen LogP contribution < -0.4 is 5.32 Å². The zero-order valence-electron chi connectivity index (χ0n) is 10.3. The van der Waals surface area contributed by atoms with E-state index in [4.69, 9.17) is 0 Å². The van der Waals surface area contributed by atoms with Crippen molar-refractivity contribution >= 4 is 0 Å². The van der Waals surface area contributed by atoms with E-state index in [0.29, 0.717) is 12.0 Å². The van der Waals surface area contributed by atoms with Gasteiger partial charge in [0.1, 0.15) is 0 Å². The van der Waals surface area contributed by atoms with Crippen LogP contribution in [0.5, 0.6) is 0 Å². The molecule has 0 aliphatic heterocycles. The third-order valence-electron chi connectivity index (χ3n) is 3.00. The summed E-state index contributed by atoms with van der Waals surface area (Å²) in [5, 5.41) is 3.04.